The van der Waals surface area contributed by atoms with E-state index in [4.69, 9.17) is 10.5 Å². The molecule has 4 heteroatoms. The summed E-state index contributed by atoms with van der Waals surface area (Å²) in [5.41, 5.74) is 9.90. The third-order valence-electron chi connectivity index (χ3n) is 3.20. The molecule has 0 unspecified atom stereocenters. The van der Waals surface area contributed by atoms with E-state index in [1.807, 2.05) is 35.9 Å². The quantitative estimate of drug-likeness (QED) is 0.842. The van der Waals surface area contributed by atoms with Gasteiger partial charge >= 0.3 is 0 Å². The molecule has 0 atom stereocenters. The maximum atomic E-state index is 5.65. The van der Waals surface area contributed by atoms with Crippen LogP contribution in [0.25, 0.3) is 0 Å². The van der Waals surface area contributed by atoms with E-state index in [1.54, 1.807) is 0 Å². The monoisotopic (exact) mass is 245 g/mol. The van der Waals surface area contributed by atoms with Crippen LogP contribution in [0.15, 0.2) is 24.3 Å². The zero-order valence-corrected chi connectivity index (χ0v) is 11.1. The number of nitrogens with zero attached hydrogens (tertiary/aromatic N) is 2. The van der Waals surface area contributed by atoms with Gasteiger partial charge in [0, 0.05) is 11.4 Å². The van der Waals surface area contributed by atoms with Crippen molar-refractivity contribution >= 4 is 5.69 Å². The van der Waals surface area contributed by atoms with E-state index in [1.165, 1.54) is 11.3 Å². The van der Waals surface area contributed by atoms with Crippen LogP contribution in [0.1, 0.15) is 17.0 Å². The molecule has 18 heavy (non-hydrogen) atoms. The molecule has 1 aromatic carbocycles. The first-order valence-corrected chi connectivity index (χ1v) is 6.07. The van der Waals surface area contributed by atoms with Crippen molar-refractivity contribution in [1.82, 2.24) is 9.78 Å². The van der Waals surface area contributed by atoms with Crippen LogP contribution in [0.4, 0.5) is 5.69 Å². The number of aromatic nitrogens is 2. The number of hydrogen-bond acceptors (Lipinski definition) is 3. The predicted molar refractivity (Wildman–Crippen MR) is 72.8 cm³/mol. The van der Waals surface area contributed by atoms with Gasteiger partial charge in [-0.25, -0.2) is 0 Å². The summed E-state index contributed by atoms with van der Waals surface area (Å²) in [4.78, 5) is 0. The highest BCUT2D eigenvalue weighted by Crippen LogP contribution is 2.14. The number of hydrogen-bond donors (Lipinski definition) is 1. The number of aryl methyl sites for hydroxylation is 1. The Morgan fingerprint density at radius 3 is 2.39 bits per heavy atom. The van der Waals surface area contributed by atoms with Gasteiger partial charge in [0.05, 0.1) is 12.2 Å². The molecule has 1 aromatic heterocycles. The Hall–Kier alpha value is -1.97. The van der Waals surface area contributed by atoms with Crippen molar-refractivity contribution < 1.29 is 4.74 Å². The van der Waals surface area contributed by atoms with Crippen LogP contribution in [0, 0.1) is 20.8 Å². The van der Waals surface area contributed by atoms with Gasteiger partial charge in [-0.05, 0) is 50.6 Å². The van der Waals surface area contributed by atoms with Crippen LogP contribution >= 0.6 is 0 Å². The molecule has 0 aliphatic heterocycles. The number of benzene rings is 1. The second kappa shape index (κ2) is 5.12. The first-order valence-electron chi connectivity index (χ1n) is 6.07. The summed E-state index contributed by atoms with van der Waals surface area (Å²) in [5.74, 6) is 0.836. The van der Waals surface area contributed by atoms with E-state index in [0.717, 1.165) is 23.7 Å². The Bertz CT molecular complexity index is 529. The molecule has 0 saturated heterocycles. The molecule has 2 N–H and O–H groups in total. The van der Waals surface area contributed by atoms with Gasteiger partial charge < -0.3 is 10.5 Å². The van der Waals surface area contributed by atoms with Crippen LogP contribution < -0.4 is 10.5 Å². The molecule has 2 aromatic rings. The summed E-state index contributed by atoms with van der Waals surface area (Å²) < 4.78 is 7.64. The normalized spacial score (nSPS) is 10.6. The minimum atomic E-state index is 0.602. The van der Waals surface area contributed by atoms with Crippen molar-refractivity contribution in [2.45, 2.75) is 27.3 Å². The molecule has 2 rings (SSSR count). The smallest absolute Gasteiger partial charge is 0.119 e. The van der Waals surface area contributed by atoms with Gasteiger partial charge in [-0.3, -0.25) is 4.68 Å². The lowest BCUT2D eigenvalue weighted by Gasteiger charge is -2.08. The summed E-state index contributed by atoms with van der Waals surface area (Å²) in [6, 6.07) is 7.43. The number of nitrogens with two attached hydrogens (primary N) is 1. The molecule has 1 heterocycles. The third kappa shape index (κ3) is 2.64. The van der Waals surface area contributed by atoms with Crippen molar-refractivity contribution in [1.29, 1.82) is 0 Å². The van der Waals surface area contributed by atoms with Crippen LogP contribution in [-0.2, 0) is 6.54 Å². The Labute approximate surface area is 107 Å². The first kappa shape index (κ1) is 12.5. The second-order valence-corrected chi connectivity index (χ2v) is 4.44. The summed E-state index contributed by atoms with van der Waals surface area (Å²) in [7, 11) is 0. The Kier molecular flexibility index (Phi) is 3.55. The van der Waals surface area contributed by atoms with E-state index >= 15 is 0 Å². The molecule has 0 bridgehead atoms. The zero-order chi connectivity index (χ0) is 13.1. The fraction of sp³-hybridized carbons (Fsp3) is 0.357. The highest BCUT2D eigenvalue weighted by molar-refractivity contribution is 5.41. The lowest BCUT2D eigenvalue weighted by atomic mass is 10.2. The van der Waals surface area contributed by atoms with Crippen molar-refractivity contribution in [2.75, 3.05) is 12.3 Å². The molecule has 0 aliphatic carbocycles. The number of anilines is 1. The Balaban J connectivity index is 1.92. The largest absolute Gasteiger partial charge is 0.492 e. The van der Waals surface area contributed by atoms with Crippen molar-refractivity contribution in [3.8, 4) is 5.75 Å². The average molecular weight is 245 g/mol. The van der Waals surface area contributed by atoms with Crippen LogP contribution in [-0.4, -0.2) is 16.4 Å². The maximum absolute atomic E-state index is 5.65. The first-order chi connectivity index (χ1) is 8.58. The van der Waals surface area contributed by atoms with E-state index in [0.29, 0.717) is 6.61 Å². The number of nitrogen functional groups attached to an aromatic ring is 1. The summed E-state index contributed by atoms with van der Waals surface area (Å²) in [6.45, 7) is 7.56. The van der Waals surface area contributed by atoms with E-state index in [2.05, 4.69) is 18.9 Å². The van der Waals surface area contributed by atoms with Crippen LogP contribution in [0.3, 0.4) is 0 Å². The molecule has 0 spiro atoms. The topological polar surface area (TPSA) is 53.1 Å². The minimum Gasteiger partial charge on any atom is -0.492 e. The Morgan fingerprint density at radius 1 is 1.17 bits per heavy atom. The van der Waals surface area contributed by atoms with E-state index in [-0.39, 0.29) is 0 Å². The van der Waals surface area contributed by atoms with Crippen LogP contribution in [0.2, 0.25) is 0 Å². The minimum absolute atomic E-state index is 0.602. The lowest BCUT2D eigenvalue weighted by molar-refractivity contribution is 0.289. The zero-order valence-electron chi connectivity index (χ0n) is 11.1. The summed E-state index contributed by atoms with van der Waals surface area (Å²) in [5, 5.41) is 4.47. The SMILES string of the molecule is Cc1nn(CCOc2ccc(N)cc2)c(C)c1C. The van der Waals surface area contributed by atoms with Gasteiger partial charge in [0.2, 0.25) is 0 Å². The van der Waals surface area contributed by atoms with E-state index in [9.17, 15) is 0 Å². The van der Waals surface area contributed by atoms with Gasteiger partial charge in [0.15, 0.2) is 0 Å². The van der Waals surface area contributed by atoms with Gasteiger partial charge in [-0.2, -0.15) is 5.10 Å². The fourth-order valence-electron chi connectivity index (χ4n) is 1.82. The van der Waals surface area contributed by atoms with Gasteiger partial charge in [0.1, 0.15) is 12.4 Å². The second-order valence-electron chi connectivity index (χ2n) is 4.44. The molecule has 0 fully saturated rings. The molecule has 96 valence electrons. The van der Waals surface area contributed by atoms with Gasteiger partial charge in [0.25, 0.3) is 0 Å². The molecular formula is C14H19N3O. The van der Waals surface area contributed by atoms with Crippen molar-refractivity contribution in [3.05, 3.63) is 41.2 Å². The fourth-order valence-corrected chi connectivity index (χ4v) is 1.82. The highest BCUT2D eigenvalue weighted by atomic mass is 16.5. The molecule has 0 radical (unpaired) electrons. The maximum Gasteiger partial charge on any atom is 0.119 e. The number of ether oxygens (including phenoxy) is 1. The van der Waals surface area contributed by atoms with Crippen molar-refractivity contribution in [3.63, 3.8) is 0 Å². The average Bonchev–Trinajstić information content (AvgIpc) is 2.60. The number of rotatable bonds is 4. The standard InChI is InChI=1S/C14H19N3O/c1-10-11(2)16-17(12(10)3)8-9-18-14-6-4-13(15)5-7-14/h4-7H,8-9,15H2,1-3H3. The summed E-state index contributed by atoms with van der Waals surface area (Å²) >= 11 is 0. The van der Waals surface area contributed by atoms with Gasteiger partial charge in [-0.15, -0.1) is 0 Å². The molecule has 0 aliphatic rings. The predicted octanol–water partition coefficient (Wildman–Crippen LogP) is 2.47. The third-order valence-corrected chi connectivity index (χ3v) is 3.20. The molecule has 0 saturated carbocycles. The Morgan fingerprint density at radius 2 is 1.83 bits per heavy atom. The molecule has 4 nitrogen and oxygen atoms in total. The van der Waals surface area contributed by atoms with Gasteiger partial charge in [-0.1, -0.05) is 0 Å². The highest BCUT2D eigenvalue weighted by Gasteiger charge is 2.06. The molecular weight excluding hydrogens is 226 g/mol. The van der Waals surface area contributed by atoms with Crippen molar-refractivity contribution in [2.24, 2.45) is 0 Å². The van der Waals surface area contributed by atoms with Crippen LogP contribution in [0.5, 0.6) is 5.75 Å². The van der Waals surface area contributed by atoms with E-state index < -0.39 is 0 Å². The lowest BCUT2D eigenvalue weighted by Crippen LogP contribution is -2.11. The molecule has 0 amide bonds. The summed E-state index contributed by atoms with van der Waals surface area (Å²) in [6.07, 6.45) is 0.